The van der Waals surface area contributed by atoms with Crippen LogP contribution in [-0.2, 0) is 9.53 Å². The van der Waals surface area contributed by atoms with Crippen LogP contribution in [0.3, 0.4) is 0 Å². The molecule has 4 aliphatic rings. The molecule has 0 N–H and O–H groups in total. The van der Waals surface area contributed by atoms with E-state index in [1.54, 1.807) is 12.5 Å². The summed E-state index contributed by atoms with van der Waals surface area (Å²) >= 11 is 0. The first kappa shape index (κ1) is 23.8. The molecule has 0 bridgehead atoms. The number of allylic oxidation sites excluding steroid dienone is 5. The van der Waals surface area contributed by atoms with Gasteiger partial charge in [0.05, 0.1) is 0 Å². The zero-order chi connectivity index (χ0) is 23.3. The van der Waals surface area contributed by atoms with E-state index >= 15 is 0 Å². The fraction of sp³-hybridized carbons (Fsp3) is 0.767. The highest BCUT2D eigenvalue weighted by Crippen LogP contribution is 2.66. The first-order valence-corrected chi connectivity index (χ1v) is 13.3. The Morgan fingerprint density at radius 2 is 1.75 bits per heavy atom. The van der Waals surface area contributed by atoms with E-state index in [9.17, 15) is 4.79 Å². The predicted octanol–water partition coefficient (Wildman–Crippen LogP) is 7.90. The summed E-state index contributed by atoms with van der Waals surface area (Å²) in [5.74, 6) is 4.11. The molecule has 8 atom stereocenters. The third-order valence-electron chi connectivity index (χ3n) is 10.3. The van der Waals surface area contributed by atoms with Gasteiger partial charge in [-0.3, -0.25) is 4.79 Å². The molecule has 4 aliphatic carbocycles. The first-order valence-electron chi connectivity index (χ1n) is 13.3. The van der Waals surface area contributed by atoms with Crippen molar-refractivity contribution in [2.75, 3.05) is 0 Å². The minimum atomic E-state index is -0.136. The Morgan fingerprint density at radius 3 is 2.44 bits per heavy atom. The number of carbonyl (C=O) groups is 1. The summed E-state index contributed by atoms with van der Waals surface area (Å²) in [7, 11) is 0. The van der Waals surface area contributed by atoms with Crippen LogP contribution in [0.1, 0.15) is 93.4 Å². The summed E-state index contributed by atoms with van der Waals surface area (Å²) in [6.07, 6.45) is 18.5. The highest BCUT2D eigenvalue weighted by atomic mass is 16.5. The van der Waals surface area contributed by atoms with E-state index < -0.39 is 0 Å². The molecule has 3 saturated carbocycles. The van der Waals surface area contributed by atoms with Crippen molar-refractivity contribution in [2.24, 2.45) is 46.3 Å². The molecule has 32 heavy (non-hydrogen) atoms. The van der Waals surface area contributed by atoms with E-state index in [-0.39, 0.29) is 17.5 Å². The minimum Gasteiger partial charge on any atom is -0.462 e. The Kier molecular flexibility index (Phi) is 6.56. The Morgan fingerprint density at radius 1 is 1.00 bits per heavy atom. The monoisotopic (exact) mass is 438 g/mol. The molecule has 0 unspecified atom stereocenters. The van der Waals surface area contributed by atoms with E-state index in [4.69, 9.17) is 4.74 Å². The van der Waals surface area contributed by atoms with Gasteiger partial charge in [0.1, 0.15) is 6.10 Å². The number of hydrogen-bond acceptors (Lipinski definition) is 2. The van der Waals surface area contributed by atoms with Gasteiger partial charge in [-0.15, -0.1) is 0 Å². The Balaban J connectivity index is 1.54. The molecule has 3 fully saturated rings. The van der Waals surface area contributed by atoms with E-state index in [0.29, 0.717) is 29.1 Å². The van der Waals surface area contributed by atoms with Crippen LogP contribution in [0.2, 0.25) is 0 Å². The maximum absolute atomic E-state index is 11.5. The van der Waals surface area contributed by atoms with Crippen LogP contribution >= 0.6 is 0 Å². The summed E-state index contributed by atoms with van der Waals surface area (Å²) in [5, 5.41) is 0. The third kappa shape index (κ3) is 4.05. The number of rotatable bonds is 5. The van der Waals surface area contributed by atoms with Crippen molar-refractivity contribution >= 4 is 5.97 Å². The molecular formula is C30H46O2. The average Bonchev–Trinajstić information content (AvgIpc) is 3.08. The number of carbonyl (C=O) groups excluding carboxylic acids is 1. The van der Waals surface area contributed by atoms with Crippen molar-refractivity contribution in [2.45, 2.75) is 99.5 Å². The van der Waals surface area contributed by atoms with Gasteiger partial charge in [0.15, 0.2) is 0 Å². The molecule has 4 rings (SSSR count). The number of hydrogen-bond donors (Lipinski definition) is 0. The van der Waals surface area contributed by atoms with E-state index in [1.165, 1.54) is 31.3 Å². The van der Waals surface area contributed by atoms with Gasteiger partial charge in [0, 0.05) is 13.3 Å². The maximum atomic E-state index is 11.5. The Bertz CT molecular complexity index is 817. The van der Waals surface area contributed by atoms with Crippen LogP contribution < -0.4 is 0 Å². The van der Waals surface area contributed by atoms with Crippen LogP contribution in [0.25, 0.3) is 0 Å². The summed E-state index contributed by atoms with van der Waals surface area (Å²) < 4.78 is 5.59. The fourth-order valence-electron chi connectivity index (χ4n) is 7.92. The topological polar surface area (TPSA) is 26.3 Å². The highest BCUT2D eigenvalue weighted by molar-refractivity contribution is 5.66. The van der Waals surface area contributed by atoms with E-state index in [0.717, 1.165) is 31.1 Å². The lowest BCUT2D eigenvalue weighted by Gasteiger charge is -2.55. The van der Waals surface area contributed by atoms with Gasteiger partial charge in [-0.05, 0) is 84.9 Å². The third-order valence-corrected chi connectivity index (χ3v) is 10.3. The van der Waals surface area contributed by atoms with Crippen LogP contribution in [-0.4, -0.2) is 12.1 Å². The highest BCUT2D eigenvalue weighted by Gasteiger charge is 2.56. The molecule has 0 spiro atoms. The minimum absolute atomic E-state index is 0.0763. The standard InChI is InChI=1S/C30H46O2/c1-19(2)20(3)8-9-21(4)26-12-13-27-25-11-10-23-18-24(32-22(5)31)14-16-29(23,6)28(25)15-17-30(26,27)7/h8-11,19-21,24,26-28H,12-18H2,1-7H3/t20-,21+,24-,26+,27-,28+,29+,30+/m0/s1. The molecule has 0 aromatic heterocycles. The molecule has 0 aromatic carbocycles. The first-order chi connectivity index (χ1) is 15.1. The van der Waals surface area contributed by atoms with Crippen molar-refractivity contribution in [3.05, 3.63) is 35.5 Å². The Hall–Kier alpha value is -1.31. The quantitative estimate of drug-likeness (QED) is 0.322. The normalized spacial score (nSPS) is 40.8. The summed E-state index contributed by atoms with van der Waals surface area (Å²) in [4.78, 5) is 11.5. The van der Waals surface area contributed by atoms with Crippen molar-refractivity contribution in [3.8, 4) is 0 Å². The van der Waals surface area contributed by atoms with Crippen LogP contribution in [0.5, 0.6) is 0 Å². The second-order valence-corrected chi connectivity index (χ2v) is 12.4. The molecule has 2 heteroatoms. The van der Waals surface area contributed by atoms with Crippen molar-refractivity contribution in [3.63, 3.8) is 0 Å². The largest absolute Gasteiger partial charge is 0.462 e. The van der Waals surface area contributed by atoms with Crippen molar-refractivity contribution in [1.82, 2.24) is 0 Å². The zero-order valence-corrected chi connectivity index (χ0v) is 21.6. The van der Waals surface area contributed by atoms with Gasteiger partial charge >= 0.3 is 5.97 Å². The SMILES string of the molecule is CC(=O)O[C@H]1CC[C@]2(C)C(=CC=C3[C@H]2CC[C@]2(C)[C@@H]([C@H](C)C=C[C@H](C)C(C)C)CC[C@@H]32)C1. The summed E-state index contributed by atoms with van der Waals surface area (Å²) in [6, 6.07) is 0. The number of fused-ring (bicyclic) bond motifs is 5. The van der Waals surface area contributed by atoms with Gasteiger partial charge in [-0.25, -0.2) is 0 Å². The summed E-state index contributed by atoms with van der Waals surface area (Å²) in [5.41, 5.74) is 3.98. The van der Waals surface area contributed by atoms with E-state index in [1.807, 2.05) is 0 Å². The molecule has 0 heterocycles. The van der Waals surface area contributed by atoms with Crippen LogP contribution in [0.15, 0.2) is 35.5 Å². The van der Waals surface area contributed by atoms with E-state index in [2.05, 4.69) is 65.8 Å². The molecular weight excluding hydrogens is 392 g/mol. The van der Waals surface area contributed by atoms with Gasteiger partial charge in [-0.2, -0.15) is 0 Å². The fourth-order valence-corrected chi connectivity index (χ4v) is 7.92. The van der Waals surface area contributed by atoms with Gasteiger partial charge in [0.2, 0.25) is 0 Å². The zero-order valence-electron chi connectivity index (χ0n) is 21.6. The average molecular weight is 439 g/mol. The second kappa shape index (κ2) is 8.80. The Labute approximate surface area is 197 Å². The predicted molar refractivity (Wildman–Crippen MR) is 133 cm³/mol. The van der Waals surface area contributed by atoms with Gasteiger partial charge in [0.25, 0.3) is 0 Å². The molecule has 178 valence electrons. The smallest absolute Gasteiger partial charge is 0.302 e. The molecule has 0 aliphatic heterocycles. The molecule has 0 aromatic rings. The molecule has 2 nitrogen and oxygen atoms in total. The lowest BCUT2D eigenvalue weighted by atomic mass is 9.50. The number of esters is 1. The summed E-state index contributed by atoms with van der Waals surface area (Å²) in [6.45, 7) is 16.1. The van der Waals surface area contributed by atoms with Gasteiger partial charge < -0.3 is 4.74 Å². The van der Waals surface area contributed by atoms with Gasteiger partial charge in [-0.1, -0.05) is 77.0 Å². The van der Waals surface area contributed by atoms with Crippen LogP contribution in [0.4, 0.5) is 0 Å². The second-order valence-electron chi connectivity index (χ2n) is 12.4. The molecule has 0 saturated heterocycles. The lowest BCUT2D eigenvalue weighted by Crippen LogP contribution is -2.46. The molecule has 0 amide bonds. The van der Waals surface area contributed by atoms with Crippen molar-refractivity contribution < 1.29 is 9.53 Å². The lowest BCUT2D eigenvalue weighted by molar-refractivity contribution is -0.148. The molecule has 0 radical (unpaired) electrons. The number of ether oxygens (including phenoxy) is 1. The van der Waals surface area contributed by atoms with Crippen LogP contribution in [0, 0.1) is 46.3 Å². The van der Waals surface area contributed by atoms with Crippen molar-refractivity contribution in [1.29, 1.82) is 0 Å². The maximum Gasteiger partial charge on any atom is 0.302 e.